The molecule has 3 atom stereocenters. The third-order valence-corrected chi connectivity index (χ3v) is 3.92. The second-order valence-electron chi connectivity index (χ2n) is 5.06. The Labute approximate surface area is 103 Å². The Morgan fingerprint density at radius 3 is 2.88 bits per heavy atom. The molecule has 1 aromatic rings. The van der Waals surface area contributed by atoms with Crippen LogP contribution in [-0.2, 0) is 0 Å². The van der Waals surface area contributed by atoms with Crippen LogP contribution in [0.4, 0.5) is 0 Å². The first kappa shape index (κ1) is 12.1. The van der Waals surface area contributed by atoms with Gasteiger partial charge in [-0.25, -0.2) is 0 Å². The molecule has 1 N–H and O–H groups in total. The number of hydrogen-bond donors (Lipinski definition) is 1. The lowest BCUT2D eigenvalue weighted by molar-refractivity contribution is 0.0886. The van der Waals surface area contributed by atoms with Crippen LogP contribution in [0.2, 0.25) is 0 Å². The number of nitrogens with one attached hydrogen (secondary N) is 1. The van der Waals surface area contributed by atoms with Gasteiger partial charge >= 0.3 is 0 Å². The van der Waals surface area contributed by atoms with Gasteiger partial charge in [-0.2, -0.15) is 0 Å². The van der Waals surface area contributed by atoms with Crippen LogP contribution in [-0.4, -0.2) is 16.9 Å². The first-order chi connectivity index (χ1) is 8.18. The fraction of sp³-hybridized carbons (Fsp3) is 0.571. The van der Waals surface area contributed by atoms with Crippen LogP contribution in [0, 0.1) is 11.8 Å². The van der Waals surface area contributed by atoms with Gasteiger partial charge in [0.15, 0.2) is 0 Å². The van der Waals surface area contributed by atoms with Gasteiger partial charge in [0.25, 0.3) is 5.91 Å². The first-order valence-corrected chi connectivity index (χ1v) is 6.40. The summed E-state index contributed by atoms with van der Waals surface area (Å²) in [5, 5.41) is 3.11. The Balaban J connectivity index is 1.99. The van der Waals surface area contributed by atoms with Crippen molar-refractivity contribution in [2.75, 3.05) is 0 Å². The topological polar surface area (TPSA) is 42.0 Å². The van der Waals surface area contributed by atoms with E-state index in [1.807, 2.05) is 12.1 Å². The van der Waals surface area contributed by atoms with Crippen molar-refractivity contribution >= 4 is 5.91 Å². The summed E-state index contributed by atoms with van der Waals surface area (Å²) in [7, 11) is 0. The smallest absolute Gasteiger partial charge is 0.270 e. The van der Waals surface area contributed by atoms with E-state index < -0.39 is 0 Å². The van der Waals surface area contributed by atoms with Crippen LogP contribution in [0.5, 0.6) is 0 Å². The molecule has 2 rings (SSSR count). The predicted molar refractivity (Wildman–Crippen MR) is 67.7 cm³/mol. The van der Waals surface area contributed by atoms with Crippen LogP contribution >= 0.6 is 0 Å². The quantitative estimate of drug-likeness (QED) is 0.851. The van der Waals surface area contributed by atoms with Gasteiger partial charge in [-0.1, -0.05) is 32.8 Å². The van der Waals surface area contributed by atoms with Gasteiger partial charge in [0, 0.05) is 12.2 Å². The summed E-state index contributed by atoms with van der Waals surface area (Å²) in [5.74, 6) is 1.20. The molecule has 1 heterocycles. The van der Waals surface area contributed by atoms with Crippen LogP contribution < -0.4 is 5.32 Å². The van der Waals surface area contributed by atoms with Gasteiger partial charge in [0.2, 0.25) is 0 Å². The fourth-order valence-corrected chi connectivity index (χ4v) is 2.53. The molecule has 1 aliphatic carbocycles. The standard InChI is InChI=1S/C14H20N2O/c1-10-6-5-8-12(11(10)2)16-14(17)13-7-3-4-9-15-13/h3-4,7,9-12H,5-6,8H2,1-2H3,(H,16,17)/t10-,11+,12-/m0/s1. The number of aromatic nitrogens is 1. The van der Waals surface area contributed by atoms with E-state index in [1.54, 1.807) is 12.3 Å². The van der Waals surface area contributed by atoms with E-state index in [9.17, 15) is 4.79 Å². The molecule has 3 nitrogen and oxygen atoms in total. The van der Waals surface area contributed by atoms with Crippen LogP contribution in [0.15, 0.2) is 24.4 Å². The molecule has 92 valence electrons. The number of carbonyl (C=O) groups is 1. The summed E-state index contributed by atoms with van der Waals surface area (Å²) in [6, 6.07) is 5.72. The van der Waals surface area contributed by atoms with Crippen molar-refractivity contribution in [3.63, 3.8) is 0 Å². The molecule has 0 saturated heterocycles. The SMILES string of the molecule is C[C@H]1[C@@H](NC(=O)c2ccccn2)CCC[C@@H]1C. The highest BCUT2D eigenvalue weighted by molar-refractivity contribution is 5.92. The third-order valence-electron chi connectivity index (χ3n) is 3.92. The minimum Gasteiger partial charge on any atom is -0.348 e. The minimum absolute atomic E-state index is 0.0449. The zero-order valence-corrected chi connectivity index (χ0v) is 10.5. The molecule has 3 heteroatoms. The van der Waals surface area contributed by atoms with Crippen molar-refractivity contribution < 1.29 is 4.79 Å². The summed E-state index contributed by atoms with van der Waals surface area (Å²) < 4.78 is 0. The van der Waals surface area contributed by atoms with E-state index in [-0.39, 0.29) is 5.91 Å². The first-order valence-electron chi connectivity index (χ1n) is 6.40. The van der Waals surface area contributed by atoms with E-state index in [2.05, 4.69) is 24.1 Å². The number of rotatable bonds is 2. The van der Waals surface area contributed by atoms with E-state index >= 15 is 0 Å². The number of carbonyl (C=O) groups excluding carboxylic acids is 1. The van der Waals surface area contributed by atoms with E-state index in [0.29, 0.717) is 23.6 Å². The van der Waals surface area contributed by atoms with Crippen LogP contribution in [0.3, 0.4) is 0 Å². The van der Waals surface area contributed by atoms with Crippen LogP contribution in [0.1, 0.15) is 43.6 Å². The zero-order valence-electron chi connectivity index (χ0n) is 10.5. The molecule has 0 radical (unpaired) electrons. The van der Waals surface area contributed by atoms with Gasteiger partial charge in [-0.15, -0.1) is 0 Å². The maximum Gasteiger partial charge on any atom is 0.270 e. The van der Waals surface area contributed by atoms with Gasteiger partial charge in [-0.05, 0) is 30.4 Å². The summed E-state index contributed by atoms with van der Waals surface area (Å²) in [4.78, 5) is 16.1. The summed E-state index contributed by atoms with van der Waals surface area (Å²) >= 11 is 0. The van der Waals surface area contributed by atoms with Crippen LogP contribution in [0.25, 0.3) is 0 Å². The van der Waals surface area contributed by atoms with Crippen molar-refractivity contribution in [3.05, 3.63) is 30.1 Å². The maximum atomic E-state index is 12.0. The van der Waals surface area contributed by atoms with Crippen molar-refractivity contribution in [2.45, 2.75) is 39.2 Å². The number of pyridine rings is 1. The molecular weight excluding hydrogens is 212 g/mol. The molecular formula is C14H20N2O. The van der Waals surface area contributed by atoms with Gasteiger partial charge in [0.05, 0.1) is 0 Å². The van der Waals surface area contributed by atoms with Crippen molar-refractivity contribution in [1.29, 1.82) is 0 Å². The molecule has 1 saturated carbocycles. The van der Waals surface area contributed by atoms with Gasteiger partial charge < -0.3 is 5.32 Å². The molecule has 17 heavy (non-hydrogen) atoms. The number of amides is 1. The zero-order chi connectivity index (χ0) is 12.3. The van der Waals surface area contributed by atoms with Crippen molar-refractivity contribution in [2.24, 2.45) is 11.8 Å². The normalized spacial score (nSPS) is 28.7. The fourth-order valence-electron chi connectivity index (χ4n) is 2.53. The molecule has 0 aliphatic heterocycles. The maximum absolute atomic E-state index is 12.0. The molecule has 0 unspecified atom stereocenters. The Morgan fingerprint density at radius 2 is 2.18 bits per heavy atom. The molecule has 1 amide bonds. The van der Waals surface area contributed by atoms with Gasteiger partial charge in [-0.3, -0.25) is 9.78 Å². The van der Waals surface area contributed by atoms with E-state index in [1.165, 1.54) is 12.8 Å². The minimum atomic E-state index is -0.0449. The summed E-state index contributed by atoms with van der Waals surface area (Å²) in [6.45, 7) is 4.50. The Kier molecular flexibility index (Phi) is 3.77. The van der Waals surface area contributed by atoms with Crippen molar-refractivity contribution in [1.82, 2.24) is 10.3 Å². The highest BCUT2D eigenvalue weighted by Crippen LogP contribution is 2.29. The molecule has 0 spiro atoms. The lowest BCUT2D eigenvalue weighted by Gasteiger charge is -2.34. The highest BCUT2D eigenvalue weighted by Gasteiger charge is 2.28. The second kappa shape index (κ2) is 5.30. The van der Waals surface area contributed by atoms with E-state index in [0.717, 1.165) is 6.42 Å². The molecule has 0 bridgehead atoms. The largest absolute Gasteiger partial charge is 0.348 e. The third kappa shape index (κ3) is 2.84. The average Bonchev–Trinajstić information content (AvgIpc) is 2.36. The number of hydrogen-bond acceptors (Lipinski definition) is 2. The lowest BCUT2D eigenvalue weighted by Crippen LogP contribution is -2.43. The summed E-state index contributed by atoms with van der Waals surface area (Å²) in [6.07, 6.45) is 5.22. The molecule has 1 fully saturated rings. The Morgan fingerprint density at radius 1 is 1.35 bits per heavy atom. The second-order valence-corrected chi connectivity index (χ2v) is 5.06. The monoisotopic (exact) mass is 232 g/mol. The van der Waals surface area contributed by atoms with Crippen molar-refractivity contribution in [3.8, 4) is 0 Å². The Bertz CT molecular complexity index is 377. The highest BCUT2D eigenvalue weighted by atomic mass is 16.1. The van der Waals surface area contributed by atoms with E-state index in [4.69, 9.17) is 0 Å². The molecule has 0 aromatic carbocycles. The lowest BCUT2D eigenvalue weighted by atomic mass is 9.78. The predicted octanol–water partition coefficient (Wildman–Crippen LogP) is 2.64. The molecule has 1 aliphatic rings. The number of nitrogens with zero attached hydrogens (tertiary/aromatic N) is 1. The average molecular weight is 232 g/mol. The van der Waals surface area contributed by atoms with Gasteiger partial charge in [0.1, 0.15) is 5.69 Å². The Hall–Kier alpha value is -1.38. The molecule has 1 aromatic heterocycles. The summed E-state index contributed by atoms with van der Waals surface area (Å²) in [5.41, 5.74) is 0.512.